The van der Waals surface area contributed by atoms with Crippen LogP contribution in [0.2, 0.25) is 0 Å². The van der Waals surface area contributed by atoms with E-state index in [0.717, 1.165) is 12.0 Å². The molecule has 3 unspecified atom stereocenters. The number of fused-ring (bicyclic) bond motifs is 5. The van der Waals surface area contributed by atoms with Gasteiger partial charge in [-0.3, -0.25) is 9.59 Å². The minimum Gasteiger partial charge on any atom is -0.790 e. The summed E-state index contributed by atoms with van der Waals surface area (Å²) >= 11 is 0. The van der Waals surface area contributed by atoms with Crippen molar-refractivity contribution < 1.29 is 97.8 Å². The standard InChI is InChI=1S/C21H29O8P.2Na/c1-19-7-5-13(22)9-12(19)3-4-14-15-6-8-21(25,17(24)11-29-30(26,27)28)20(15,2)10-16(23)18(14)19;;/h5,7,9,14-16,18,23,25H,3-4,6,8,10-11H2,1-2H3,(H2,26,27,28);;/q;2*+1/p-2/t14?,15?,16-,18?,19-,20-,21-;;/m0../s1. The number of hydrogen-bond donors (Lipinski definition) is 2. The van der Waals surface area contributed by atoms with Gasteiger partial charge in [0.1, 0.15) is 12.2 Å². The minimum atomic E-state index is -5.34. The Morgan fingerprint density at radius 2 is 1.94 bits per heavy atom. The van der Waals surface area contributed by atoms with E-state index in [0.29, 0.717) is 12.8 Å². The number of hydrogen-bond acceptors (Lipinski definition) is 8. The predicted molar refractivity (Wildman–Crippen MR) is 102 cm³/mol. The molecule has 8 nitrogen and oxygen atoms in total. The van der Waals surface area contributed by atoms with Crippen molar-refractivity contribution in [2.75, 3.05) is 6.61 Å². The molecule has 0 amide bonds. The molecular formula is C21H27Na2O8P. The van der Waals surface area contributed by atoms with Gasteiger partial charge < -0.3 is 29.1 Å². The topological polar surface area (TPSA) is 147 Å². The van der Waals surface area contributed by atoms with E-state index in [2.05, 4.69) is 4.52 Å². The number of aliphatic hydroxyl groups excluding tert-OH is 1. The van der Waals surface area contributed by atoms with Crippen molar-refractivity contribution in [3.8, 4) is 0 Å². The van der Waals surface area contributed by atoms with Gasteiger partial charge in [0, 0.05) is 16.7 Å². The molecule has 0 heterocycles. The monoisotopic (exact) mass is 484 g/mol. The second-order valence-corrected chi connectivity index (χ2v) is 10.9. The summed E-state index contributed by atoms with van der Waals surface area (Å²) < 4.78 is 14.9. The van der Waals surface area contributed by atoms with Crippen molar-refractivity contribution in [1.82, 2.24) is 0 Å². The molecule has 4 aliphatic carbocycles. The number of allylic oxidation sites excluding steroid dienone is 4. The maximum absolute atomic E-state index is 12.8. The number of phosphoric ester groups is 1. The summed E-state index contributed by atoms with van der Waals surface area (Å²) in [5.74, 6) is -1.05. The molecule has 0 aliphatic heterocycles. The molecule has 7 atom stereocenters. The molecule has 11 heteroatoms. The smallest absolute Gasteiger partial charge is 0.790 e. The fraction of sp³-hybridized carbons (Fsp3) is 0.714. The van der Waals surface area contributed by atoms with E-state index < -0.39 is 42.7 Å². The molecule has 2 N–H and O–H groups in total. The molecule has 0 aromatic heterocycles. The van der Waals surface area contributed by atoms with Crippen LogP contribution in [-0.4, -0.2) is 40.1 Å². The Balaban J connectivity index is 0.00000181. The number of ketones is 2. The molecular weight excluding hydrogens is 457 g/mol. The molecule has 0 spiro atoms. The Bertz CT molecular complexity index is 900. The molecule has 0 aromatic rings. The van der Waals surface area contributed by atoms with Gasteiger partial charge in [-0.2, -0.15) is 0 Å². The van der Waals surface area contributed by atoms with Gasteiger partial charge in [0.2, 0.25) is 0 Å². The first-order valence-corrected chi connectivity index (χ1v) is 11.8. The van der Waals surface area contributed by atoms with Gasteiger partial charge in [-0.15, -0.1) is 0 Å². The molecule has 0 bridgehead atoms. The maximum atomic E-state index is 12.8. The summed E-state index contributed by atoms with van der Waals surface area (Å²) in [5.41, 5.74) is -2.27. The Kier molecular flexibility index (Phi) is 8.83. The summed E-state index contributed by atoms with van der Waals surface area (Å²) in [6.07, 6.45) is 6.56. The molecule has 3 fully saturated rings. The number of aliphatic hydroxyl groups is 2. The maximum Gasteiger partial charge on any atom is 1.00 e. The summed E-state index contributed by atoms with van der Waals surface area (Å²) in [7, 11) is -5.34. The Labute approximate surface area is 232 Å². The van der Waals surface area contributed by atoms with Crippen LogP contribution in [0.15, 0.2) is 23.8 Å². The van der Waals surface area contributed by atoms with Gasteiger partial charge in [0.25, 0.3) is 0 Å². The molecule has 3 saturated carbocycles. The first kappa shape index (κ1) is 29.1. The average molecular weight is 484 g/mol. The quantitative estimate of drug-likeness (QED) is 0.297. The first-order valence-electron chi connectivity index (χ1n) is 10.4. The molecule has 4 rings (SSSR count). The van der Waals surface area contributed by atoms with E-state index >= 15 is 0 Å². The van der Waals surface area contributed by atoms with E-state index in [1.165, 1.54) is 0 Å². The van der Waals surface area contributed by atoms with Gasteiger partial charge in [0.05, 0.1) is 13.9 Å². The van der Waals surface area contributed by atoms with E-state index in [1.54, 1.807) is 19.1 Å². The molecule has 0 radical (unpaired) electrons. The zero-order valence-electron chi connectivity index (χ0n) is 19.1. The van der Waals surface area contributed by atoms with Crippen LogP contribution in [0, 0.1) is 28.6 Å². The second-order valence-electron chi connectivity index (χ2n) is 9.75. The van der Waals surface area contributed by atoms with Crippen molar-refractivity contribution in [1.29, 1.82) is 0 Å². The molecule has 32 heavy (non-hydrogen) atoms. The van der Waals surface area contributed by atoms with Crippen molar-refractivity contribution in [2.45, 2.75) is 57.7 Å². The summed E-state index contributed by atoms with van der Waals surface area (Å²) in [5, 5.41) is 22.6. The van der Waals surface area contributed by atoms with E-state index in [9.17, 15) is 34.2 Å². The summed E-state index contributed by atoms with van der Waals surface area (Å²) in [6.45, 7) is 2.80. The van der Waals surface area contributed by atoms with Crippen molar-refractivity contribution in [3.63, 3.8) is 0 Å². The molecule has 0 saturated heterocycles. The van der Waals surface area contributed by atoms with Gasteiger partial charge in [0.15, 0.2) is 11.6 Å². The van der Waals surface area contributed by atoms with Crippen LogP contribution < -0.4 is 68.9 Å². The van der Waals surface area contributed by atoms with Crippen LogP contribution in [0.25, 0.3) is 0 Å². The number of carbonyl (C=O) groups is 2. The number of Topliss-reactive ketones (excluding diaryl/α,β-unsaturated/α-hetero) is 1. The summed E-state index contributed by atoms with van der Waals surface area (Å²) in [6, 6.07) is 0. The van der Waals surface area contributed by atoms with Crippen LogP contribution in [-0.2, 0) is 18.7 Å². The Hall–Kier alpha value is 0.850. The van der Waals surface area contributed by atoms with E-state index in [4.69, 9.17) is 0 Å². The van der Waals surface area contributed by atoms with Crippen LogP contribution in [0.3, 0.4) is 0 Å². The van der Waals surface area contributed by atoms with Gasteiger partial charge >= 0.3 is 59.1 Å². The number of phosphoric acid groups is 1. The molecule has 166 valence electrons. The van der Waals surface area contributed by atoms with Crippen LogP contribution >= 0.6 is 7.82 Å². The van der Waals surface area contributed by atoms with E-state index in [1.807, 2.05) is 13.0 Å². The largest absolute Gasteiger partial charge is 1.00 e. The third-order valence-electron chi connectivity index (χ3n) is 8.46. The SMILES string of the molecule is C[C@]12C=CC(=O)C=C1CCC1C2[C@@H](O)C[C@@]2(C)C1CC[C@]2(O)C(=O)COP(=O)([O-])[O-].[Na+].[Na+]. The van der Waals surface area contributed by atoms with Gasteiger partial charge in [-0.25, -0.2) is 0 Å². The first-order chi connectivity index (χ1) is 13.8. The second kappa shape index (κ2) is 9.72. The number of rotatable bonds is 4. The third kappa shape index (κ3) is 4.54. The average Bonchev–Trinajstić information content (AvgIpc) is 2.91. The predicted octanol–water partition coefficient (Wildman–Crippen LogP) is -5.58. The van der Waals surface area contributed by atoms with Gasteiger partial charge in [-0.05, 0) is 56.1 Å². The minimum absolute atomic E-state index is 0. The Morgan fingerprint density at radius 1 is 1.28 bits per heavy atom. The zero-order chi connectivity index (χ0) is 22.1. The summed E-state index contributed by atoms with van der Waals surface area (Å²) in [4.78, 5) is 46.2. The number of carbonyl (C=O) groups excluding carboxylic acids is 2. The third-order valence-corrected chi connectivity index (χ3v) is 8.91. The fourth-order valence-corrected chi connectivity index (χ4v) is 7.32. The van der Waals surface area contributed by atoms with E-state index in [-0.39, 0.29) is 95.5 Å². The van der Waals surface area contributed by atoms with Crippen LogP contribution in [0.4, 0.5) is 0 Å². The molecule has 0 aromatic carbocycles. The van der Waals surface area contributed by atoms with Crippen molar-refractivity contribution in [3.05, 3.63) is 23.8 Å². The van der Waals surface area contributed by atoms with Crippen LogP contribution in [0.1, 0.15) is 46.0 Å². The van der Waals surface area contributed by atoms with Crippen molar-refractivity contribution >= 4 is 19.4 Å². The van der Waals surface area contributed by atoms with Gasteiger partial charge in [-0.1, -0.05) is 25.5 Å². The van der Waals surface area contributed by atoms with Crippen LogP contribution in [0.5, 0.6) is 0 Å². The van der Waals surface area contributed by atoms with Crippen molar-refractivity contribution in [2.24, 2.45) is 28.6 Å². The zero-order valence-corrected chi connectivity index (χ0v) is 24.0. The normalized spacial score (nSPS) is 42.6. The molecule has 4 aliphatic rings. The fourth-order valence-electron chi connectivity index (χ4n) is 7.05. The Morgan fingerprint density at radius 3 is 2.56 bits per heavy atom.